The van der Waals surface area contributed by atoms with Crippen molar-refractivity contribution in [1.82, 2.24) is 15.1 Å². The summed E-state index contributed by atoms with van der Waals surface area (Å²) in [6, 6.07) is 11.0. The number of carbonyl (C=O) groups excluding carboxylic acids is 1. The van der Waals surface area contributed by atoms with E-state index in [1.54, 1.807) is 0 Å². The van der Waals surface area contributed by atoms with Gasteiger partial charge in [0.15, 0.2) is 0 Å². The molecular formula is C21H33N3O. The van der Waals surface area contributed by atoms with Crippen molar-refractivity contribution in [2.75, 3.05) is 32.7 Å². The maximum Gasteiger partial charge on any atom is 0.234 e. The Kier molecular flexibility index (Phi) is 7.31. The summed E-state index contributed by atoms with van der Waals surface area (Å²) in [5.41, 5.74) is 1.38. The number of carbonyl (C=O) groups is 1. The zero-order valence-electron chi connectivity index (χ0n) is 15.5. The molecule has 2 fully saturated rings. The van der Waals surface area contributed by atoms with Crippen LogP contribution in [-0.4, -0.2) is 54.5 Å². The van der Waals surface area contributed by atoms with Crippen molar-refractivity contribution in [2.24, 2.45) is 0 Å². The zero-order chi connectivity index (χ0) is 17.3. The molecule has 2 aliphatic heterocycles. The summed E-state index contributed by atoms with van der Waals surface area (Å²) in [6.45, 7) is 5.93. The first-order chi connectivity index (χ1) is 12.3. The maximum absolute atomic E-state index is 12.4. The Morgan fingerprint density at radius 1 is 0.880 bits per heavy atom. The molecule has 2 heterocycles. The smallest absolute Gasteiger partial charge is 0.234 e. The van der Waals surface area contributed by atoms with Crippen LogP contribution in [0.4, 0.5) is 0 Å². The SMILES string of the molecule is O=C(CN1CCCCCCC1)NC1CCN(Cc2ccccc2)CC1. The summed E-state index contributed by atoms with van der Waals surface area (Å²) in [6.07, 6.45) is 8.62. The van der Waals surface area contributed by atoms with Gasteiger partial charge in [-0.1, -0.05) is 49.6 Å². The monoisotopic (exact) mass is 343 g/mol. The van der Waals surface area contributed by atoms with E-state index in [-0.39, 0.29) is 5.91 Å². The van der Waals surface area contributed by atoms with E-state index in [2.05, 4.69) is 45.4 Å². The molecule has 4 heteroatoms. The van der Waals surface area contributed by atoms with Crippen molar-refractivity contribution in [1.29, 1.82) is 0 Å². The number of amides is 1. The number of hydrogen-bond donors (Lipinski definition) is 1. The van der Waals surface area contributed by atoms with Crippen LogP contribution in [0, 0.1) is 0 Å². The molecule has 25 heavy (non-hydrogen) atoms. The lowest BCUT2D eigenvalue weighted by Gasteiger charge is -2.33. The van der Waals surface area contributed by atoms with Crippen LogP contribution in [0.25, 0.3) is 0 Å². The molecule has 138 valence electrons. The molecule has 2 saturated heterocycles. The lowest BCUT2D eigenvalue weighted by atomic mass is 10.0. The van der Waals surface area contributed by atoms with E-state index in [1.165, 1.54) is 37.7 Å². The molecule has 1 aromatic carbocycles. The molecular weight excluding hydrogens is 310 g/mol. The second-order valence-corrected chi connectivity index (χ2v) is 7.65. The van der Waals surface area contributed by atoms with E-state index in [4.69, 9.17) is 0 Å². The van der Waals surface area contributed by atoms with Crippen LogP contribution in [0.2, 0.25) is 0 Å². The summed E-state index contributed by atoms with van der Waals surface area (Å²) >= 11 is 0. The average Bonchev–Trinajstić information content (AvgIpc) is 2.60. The normalized spacial score (nSPS) is 21.4. The van der Waals surface area contributed by atoms with Gasteiger partial charge in [-0.05, 0) is 44.3 Å². The second-order valence-electron chi connectivity index (χ2n) is 7.65. The van der Waals surface area contributed by atoms with Crippen LogP contribution in [0.15, 0.2) is 30.3 Å². The van der Waals surface area contributed by atoms with Crippen molar-refractivity contribution in [3.8, 4) is 0 Å². The molecule has 0 atom stereocenters. The summed E-state index contributed by atoms with van der Waals surface area (Å²) in [7, 11) is 0. The van der Waals surface area contributed by atoms with Crippen LogP contribution in [-0.2, 0) is 11.3 Å². The van der Waals surface area contributed by atoms with E-state index in [9.17, 15) is 4.79 Å². The summed E-state index contributed by atoms with van der Waals surface area (Å²) < 4.78 is 0. The quantitative estimate of drug-likeness (QED) is 0.893. The van der Waals surface area contributed by atoms with Crippen molar-refractivity contribution in [3.63, 3.8) is 0 Å². The lowest BCUT2D eigenvalue weighted by Crippen LogP contribution is -2.47. The van der Waals surface area contributed by atoms with Gasteiger partial charge < -0.3 is 5.32 Å². The topological polar surface area (TPSA) is 35.6 Å². The first kappa shape index (κ1) is 18.4. The highest BCUT2D eigenvalue weighted by atomic mass is 16.2. The predicted octanol–water partition coefficient (Wildman–Crippen LogP) is 3.03. The second kappa shape index (κ2) is 9.93. The van der Waals surface area contributed by atoms with E-state index < -0.39 is 0 Å². The molecule has 0 unspecified atom stereocenters. The molecule has 0 aliphatic carbocycles. The number of rotatable bonds is 5. The maximum atomic E-state index is 12.4. The van der Waals surface area contributed by atoms with Crippen molar-refractivity contribution in [2.45, 2.75) is 57.5 Å². The highest BCUT2D eigenvalue weighted by molar-refractivity contribution is 5.78. The Labute approximate surface area is 152 Å². The fourth-order valence-corrected chi connectivity index (χ4v) is 4.02. The van der Waals surface area contributed by atoms with Crippen molar-refractivity contribution >= 4 is 5.91 Å². The van der Waals surface area contributed by atoms with E-state index >= 15 is 0 Å². The van der Waals surface area contributed by atoms with Crippen molar-refractivity contribution in [3.05, 3.63) is 35.9 Å². The van der Waals surface area contributed by atoms with Crippen LogP contribution >= 0.6 is 0 Å². The molecule has 0 spiro atoms. The Bertz CT molecular complexity index is 503. The summed E-state index contributed by atoms with van der Waals surface area (Å²) in [5.74, 6) is 0.224. The third-order valence-corrected chi connectivity index (χ3v) is 5.52. The van der Waals surface area contributed by atoms with Gasteiger partial charge in [0.1, 0.15) is 0 Å². The van der Waals surface area contributed by atoms with Crippen LogP contribution in [0.3, 0.4) is 0 Å². The van der Waals surface area contributed by atoms with Gasteiger partial charge in [-0.15, -0.1) is 0 Å². The third kappa shape index (κ3) is 6.44. The molecule has 3 rings (SSSR count). The van der Waals surface area contributed by atoms with Gasteiger partial charge in [0.2, 0.25) is 5.91 Å². The first-order valence-corrected chi connectivity index (χ1v) is 10.1. The van der Waals surface area contributed by atoms with Crippen LogP contribution < -0.4 is 5.32 Å². The van der Waals surface area contributed by atoms with Gasteiger partial charge in [0.25, 0.3) is 0 Å². The van der Waals surface area contributed by atoms with Gasteiger partial charge in [0.05, 0.1) is 6.54 Å². The van der Waals surface area contributed by atoms with Gasteiger partial charge >= 0.3 is 0 Å². The third-order valence-electron chi connectivity index (χ3n) is 5.52. The molecule has 1 N–H and O–H groups in total. The molecule has 2 aliphatic rings. The van der Waals surface area contributed by atoms with Gasteiger partial charge in [-0.2, -0.15) is 0 Å². The average molecular weight is 344 g/mol. The van der Waals surface area contributed by atoms with Gasteiger partial charge in [-0.3, -0.25) is 14.6 Å². The number of benzene rings is 1. The van der Waals surface area contributed by atoms with E-state index in [1.807, 2.05) is 0 Å². The number of likely N-dealkylation sites (tertiary alicyclic amines) is 2. The van der Waals surface area contributed by atoms with Crippen LogP contribution in [0.1, 0.15) is 50.5 Å². The lowest BCUT2D eigenvalue weighted by molar-refractivity contribution is -0.123. The van der Waals surface area contributed by atoms with Gasteiger partial charge in [-0.25, -0.2) is 0 Å². The number of piperidine rings is 1. The minimum Gasteiger partial charge on any atom is -0.352 e. The first-order valence-electron chi connectivity index (χ1n) is 10.1. The predicted molar refractivity (Wildman–Crippen MR) is 102 cm³/mol. The van der Waals surface area contributed by atoms with Crippen LogP contribution in [0.5, 0.6) is 0 Å². The van der Waals surface area contributed by atoms with E-state index in [0.717, 1.165) is 45.6 Å². The minimum atomic E-state index is 0.224. The number of nitrogens with zero attached hydrogens (tertiary/aromatic N) is 2. The van der Waals surface area contributed by atoms with E-state index in [0.29, 0.717) is 12.6 Å². The minimum absolute atomic E-state index is 0.224. The van der Waals surface area contributed by atoms with Gasteiger partial charge in [0, 0.05) is 25.7 Å². The number of nitrogens with one attached hydrogen (secondary N) is 1. The Hall–Kier alpha value is -1.39. The van der Waals surface area contributed by atoms with Crippen molar-refractivity contribution < 1.29 is 4.79 Å². The Morgan fingerprint density at radius 3 is 2.20 bits per heavy atom. The fourth-order valence-electron chi connectivity index (χ4n) is 4.02. The standard InChI is InChI=1S/C21H33N3O/c25-21(18-23-13-7-2-1-3-8-14-23)22-20-11-15-24(16-12-20)17-19-9-5-4-6-10-19/h4-6,9-10,20H,1-3,7-8,11-18H2,(H,22,25). The molecule has 4 nitrogen and oxygen atoms in total. The summed E-state index contributed by atoms with van der Waals surface area (Å²) in [5, 5.41) is 3.28. The molecule has 0 bridgehead atoms. The Balaban J connectivity index is 1.35. The molecule has 0 radical (unpaired) electrons. The molecule has 0 aromatic heterocycles. The largest absolute Gasteiger partial charge is 0.352 e. The Morgan fingerprint density at radius 2 is 1.52 bits per heavy atom. The molecule has 0 saturated carbocycles. The zero-order valence-corrected chi connectivity index (χ0v) is 15.5. The molecule has 1 amide bonds. The highest BCUT2D eigenvalue weighted by Crippen LogP contribution is 2.14. The fraction of sp³-hybridized carbons (Fsp3) is 0.667. The molecule has 1 aromatic rings. The highest BCUT2D eigenvalue weighted by Gasteiger charge is 2.21. The number of hydrogen-bond acceptors (Lipinski definition) is 3. The summed E-state index contributed by atoms with van der Waals surface area (Å²) in [4.78, 5) is 17.2.